The summed E-state index contributed by atoms with van der Waals surface area (Å²) in [6, 6.07) is 4.80. The second kappa shape index (κ2) is 5.40. The summed E-state index contributed by atoms with van der Waals surface area (Å²) >= 11 is 0. The number of aryl methyl sites for hydroxylation is 1. The molecule has 98 valence electrons. The molecule has 0 aliphatic carbocycles. The molecule has 0 fully saturated rings. The summed E-state index contributed by atoms with van der Waals surface area (Å²) in [5.74, 6) is 0.943. The molecule has 4 heteroatoms. The number of nitrogens with zero attached hydrogens (tertiary/aromatic N) is 2. The lowest BCUT2D eigenvalue weighted by atomic mass is 10.1. The molecule has 18 heavy (non-hydrogen) atoms. The average Bonchev–Trinajstić information content (AvgIpc) is 2.94. The van der Waals surface area contributed by atoms with Crippen LogP contribution < -0.4 is 5.32 Å². The third kappa shape index (κ3) is 2.82. The van der Waals surface area contributed by atoms with E-state index in [1.54, 1.807) is 0 Å². The molecule has 0 aliphatic heterocycles. The minimum Gasteiger partial charge on any atom is -0.469 e. The Hall–Kier alpha value is -1.55. The number of nitrogens with one attached hydrogen (secondary N) is 1. The maximum atomic E-state index is 5.36. The molecule has 0 amide bonds. The Balaban J connectivity index is 2.10. The van der Waals surface area contributed by atoms with E-state index in [9.17, 15) is 0 Å². The van der Waals surface area contributed by atoms with E-state index in [0.29, 0.717) is 6.04 Å². The lowest BCUT2D eigenvalue weighted by molar-refractivity contribution is 0.506. The fourth-order valence-electron chi connectivity index (χ4n) is 2.02. The lowest BCUT2D eigenvalue weighted by Gasteiger charge is -2.12. The van der Waals surface area contributed by atoms with Gasteiger partial charge in [0.15, 0.2) is 0 Å². The highest BCUT2D eigenvalue weighted by molar-refractivity contribution is 5.18. The Bertz CT molecular complexity index is 499. The third-order valence-electron chi connectivity index (χ3n) is 3.11. The second-order valence-electron chi connectivity index (χ2n) is 4.92. The van der Waals surface area contributed by atoms with Crippen LogP contribution in [0, 0.1) is 6.92 Å². The molecule has 0 aromatic carbocycles. The van der Waals surface area contributed by atoms with Gasteiger partial charge in [-0.3, -0.25) is 4.68 Å². The van der Waals surface area contributed by atoms with Gasteiger partial charge in [0.25, 0.3) is 0 Å². The van der Waals surface area contributed by atoms with E-state index < -0.39 is 0 Å². The number of hydrogen-bond donors (Lipinski definition) is 1. The van der Waals surface area contributed by atoms with Gasteiger partial charge in [-0.05, 0) is 40.0 Å². The van der Waals surface area contributed by atoms with Crippen molar-refractivity contribution in [3.8, 4) is 0 Å². The van der Waals surface area contributed by atoms with E-state index in [2.05, 4.69) is 36.4 Å². The van der Waals surface area contributed by atoms with E-state index >= 15 is 0 Å². The summed E-state index contributed by atoms with van der Waals surface area (Å²) < 4.78 is 7.35. The SMILES string of the molecule is CNC(Cc1ccn(C(C)C)n1)c1coc(C)c1. The highest BCUT2D eigenvalue weighted by atomic mass is 16.3. The van der Waals surface area contributed by atoms with Crippen molar-refractivity contribution in [3.63, 3.8) is 0 Å². The Morgan fingerprint density at radius 1 is 1.44 bits per heavy atom. The molecule has 1 atom stereocenters. The van der Waals surface area contributed by atoms with Crippen molar-refractivity contribution in [1.82, 2.24) is 15.1 Å². The van der Waals surface area contributed by atoms with Gasteiger partial charge in [-0.25, -0.2) is 0 Å². The molecule has 1 unspecified atom stereocenters. The minimum atomic E-state index is 0.248. The van der Waals surface area contributed by atoms with Crippen molar-refractivity contribution in [2.24, 2.45) is 0 Å². The first-order chi connectivity index (χ1) is 8.60. The molecule has 2 aromatic rings. The van der Waals surface area contributed by atoms with E-state index in [0.717, 1.165) is 17.9 Å². The highest BCUT2D eigenvalue weighted by Crippen LogP contribution is 2.20. The van der Waals surface area contributed by atoms with Gasteiger partial charge in [-0.2, -0.15) is 5.10 Å². The molecule has 2 aromatic heterocycles. The van der Waals surface area contributed by atoms with Crippen LogP contribution in [-0.2, 0) is 6.42 Å². The van der Waals surface area contributed by atoms with Crippen LogP contribution in [0.2, 0.25) is 0 Å². The maximum absolute atomic E-state index is 5.36. The average molecular weight is 247 g/mol. The molecular weight excluding hydrogens is 226 g/mol. The molecule has 0 aliphatic rings. The molecule has 1 N–H and O–H groups in total. The zero-order valence-electron chi connectivity index (χ0n) is 11.5. The lowest BCUT2D eigenvalue weighted by Crippen LogP contribution is -2.18. The van der Waals surface area contributed by atoms with E-state index in [-0.39, 0.29) is 6.04 Å². The summed E-state index contributed by atoms with van der Waals surface area (Å²) in [7, 11) is 1.96. The van der Waals surface area contributed by atoms with Gasteiger partial charge in [-0.15, -0.1) is 0 Å². The fourth-order valence-corrected chi connectivity index (χ4v) is 2.02. The summed E-state index contributed by atoms with van der Waals surface area (Å²) in [6.07, 6.45) is 4.72. The zero-order valence-corrected chi connectivity index (χ0v) is 11.5. The Labute approximate surface area is 108 Å². The first-order valence-electron chi connectivity index (χ1n) is 6.36. The van der Waals surface area contributed by atoms with Crippen LogP contribution in [0.1, 0.15) is 42.9 Å². The van der Waals surface area contributed by atoms with Crippen LogP contribution in [0.15, 0.2) is 29.0 Å². The molecule has 2 heterocycles. The summed E-state index contributed by atoms with van der Waals surface area (Å²) in [6.45, 7) is 6.22. The maximum Gasteiger partial charge on any atom is 0.101 e. The topological polar surface area (TPSA) is 43.0 Å². The Morgan fingerprint density at radius 3 is 2.72 bits per heavy atom. The Morgan fingerprint density at radius 2 is 2.22 bits per heavy atom. The van der Waals surface area contributed by atoms with Crippen molar-refractivity contribution in [1.29, 1.82) is 0 Å². The number of rotatable bonds is 5. The predicted octanol–water partition coefficient (Wildman–Crippen LogP) is 2.87. The Kier molecular flexibility index (Phi) is 3.87. The second-order valence-corrected chi connectivity index (χ2v) is 4.92. The first kappa shape index (κ1) is 12.9. The quantitative estimate of drug-likeness (QED) is 0.883. The number of hydrogen-bond acceptors (Lipinski definition) is 3. The van der Waals surface area contributed by atoms with Crippen LogP contribution in [-0.4, -0.2) is 16.8 Å². The van der Waals surface area contributed by atoms with Gasteiger partial charge in [0.1, 0.15) is 5.76 Å². The molecule has 0 saturated heterocycles. The monoisotopic (exact) mass is 247 g/mol. The van der Waals surface area contributed by atoms with Gasteiger partial charge in [0.2, 0.25) is 0 Å². The van der Waals surface area contributed by atoms with Gasteiger partial charge in [0.05, 0.1) is 12.0 Å². The van der Waals surface area contributed by atoms with Gasteiger partial charge < -0.3 is 9.73 Å². The number of likely N-dealkylation sites (N-methyl/N-ethyl adjacent to an activating group) is 1. The van der Waals surface area contributed by atoms with Gasteiger partial charge in [0, 0.05) is 30.3 Å². The zero-order chi connectivity index (χ0) is 13.1. The van der Waals surface area contributed by atoms with Crippen molar-refractivity contribution >= 4 is 0 Å². The van der Waals surface area contributed by atoms with Crippen molar-refractivity contribution in [2.75, 3.05) is 7.05 Å². The van der Waals surface area contributed by atoms with Crippen molar-refractivity contribution < 1.29 is 4.42 Å². The van der Waals surface area contributed by atoms with Crippen molar-refractivity contribution in [3.05, 3.63) is 41.6 Å². The van der Waals surface area contributed by atoms with E-state index in [1.807, 2.05) is 31.1 Å². The van der Waals surface area contributed by atoms with Gasteiger partial charge >= 0.3 is 0 Å². The number of aromatic nitrogens is 2. The predicted molar refractivity (Wildman–Crippen MR) is 71.6 cm³/mol. The third-order valence-corrected chi connectivity index (χ3v) is 3.11. The van der Waals surface area contributed by atoms with Crippen molar-refractivity contribution in [2.45, 2.75) is 39.3 Å². The van der Waals surface area contributed by atoms with Crippen LogP contribution in [0.5, 0.6) is 0 Å². The van der Waals surface area contributed by atoms with E-state index in [4.69, 9.17) is 4.42 Å². The van der Waals surface area contributed by atoms with Crippen LogP contribution in [0.3, 0.4) is 0 Å². The number of furan rings is 1. The standard InChI is InChI=1S/C14H21N3O/c1-10(2)17-6-5-13(16-17)8-14(15-4)12-7-11(3)18-9-12/h5-7,9-10,14-15H,8H2,1-4H3. The first-order valence-corrected chi connectivity index (χ1v) is 6.36. The molecule has 0 spiro atoms. The summed E-state index contributed by atoms with van der Waals surface area (Å²) in [4.78, 5) is 0. The minimum absolute atomic E-state index is 0.248. The highest BCUT2D eigenvalue weighted by Gasteiger charge is 2.14. The van der Waals surface area contributed by atoms with Crippen LogP contribution in [0.4, 0.5) is 0 Å². The summed E-state index contributed by atoms with van der Waals surface area (Å²) in [5, 5.41) is 7.89. The molecule has 0 bridgehead atoms. The molecule has 4 nitrogen and oxygen atoms in total. The largest absolute Gasteiger partial charge is 0.469 e. The van der Waals surface area contributed by atoms with Crippen LogP contribution >= 0.6 is 0 Å². The molecule has 0 radical (unpaired) electrons. The smallest absolute Gasteiger partial charge is 0.101 e. The van der Waals surface area contributed by atoms with E-state index in [1.165, 1.54) is 5.56 Å². The molecule has 2 rings (SSSR count). The molecular formula is C14H21N3O. The van der Waals surface area contributed by atoms with Crippen LogP contribution in [0.25, 0.3) is 0 Å². The van der Waals surface area contributed by atoms with Gasteiger partial charge in [-0.1, -0.05) is 0 Å². The summed E-state index contributed by atoms with van der Waals surface area (Å²) in [5.41, 5.74) is 2.27. The fraction of sp³-hybridized carbons (Fsp3) is 0.500. The molecule has 0 saturated carbocycles. The normalized spacial score (nSPS) is 13.2.